The fourth-order valence-electron chi connectivity index (χ4n) is 2.07. The van der Waals surface area contributed by atoms with Crippen LogP contribution in [-0.4, -0.2) is 49.6 Å². The summed E-state index contributed by atoms with van der Waals surface area (Å²) in [6.45, 7) is 7.06. The first kappa shape index (κ1) is 12.5. The Kier molecular flexibility index (Phi) is 5.05. The molecule has 0 aromatic carbocycles. The van der Waals surface area contributed by atoms with Crippen LogP contribution in [0.15, 0.2) is 0 Å². The molecule has 2 unspecified atom stereocenters. The molecule has 88 valence electrons. The van der Waals surface area contributed by atoms with E-state index in [1.807, 2.05) is 7.05 Å². The molecule has 0 aromatic rings. The topological polar surface area (TPSA) is 44.4 Å². The van der Waals surface area contributed by atoms with Gasteiger partial charge in [-0.3, -0.25) is 9.69 Å². The zero-order valence-corrected chi connectivity index (χ0v) is 10.0. The number of nitrogens with one attached hydrogen (secondary N) is 2. The van der Waals surface area contributed by atoms with Crippen molar-refractivity contribution in [1.82, 2.24) is 15.5 Å². The van der Waals surface area contributed by atoms with E-state index in [1.165, 1.54) is 0 Å². The molecule has 0 aromatic heterocycles. The number of nitrogens with zero attached hydrogens (tertiary/aromatic N) is 1. The Morgan fingerprint density at radius 1 is 1.60 bits per heavy atom. The summed E-state index contributed by atoms with van der Waals surface area (Å²) < 4.78 is 0. The average molecular weight is 213 g/mol. The molecule has 0 spiro atoms. The van der Waals surface area contributed by atoms with E-state index in [1.54, 1.807) is 0 Å². The molecule has 0 aliphatic carbocycles. The smallest absolute Gasteiger partial charge is 0.237 e. The number of carbonyl (C=O) groups is 1. The van der Waals surface area contributed by atoms with Crippen molar-refractivity contribution < 1.29 is 4.79 Å². The zero-order valence-electron chi connectivity index (χ0n) is 10.0. The SMILES string of the molecule is CCN1CCC(C)NC(=O)C1CCNC. The molecular formula is C11H23N3O. The van der Waals surface area contributed by atoms with Gasteiger partial charge in [-0.05, 0) is 39.9 Å². The number of hydrogen-bond acceptors (Lipinski definition) is 3. The summed E-state index contributed by atoms with van der Waals surface area (Å²) in [4.78, 5) is 14.2. The van der Waals surface area contributed by atoms with Crippen molar-refractivity contribution in [1.29, 1.82) is 0 Å². The van der Waals surface area contributed by atoms with Crippen LogP contribution in [0.4, 0.5) is 0 Å². The number of carbonyl (C=O) groups excluding carboxylic acids is 1. The van der Waals surface area contributed by atoms with Crippen molar-refractivity contribution >= 4 is 5.91 Å². The highest BCUT2D eigenvalue weighted by molar-refractivity contribution is 5.82. The van der Waals surface area contributed by atoms with Crippen LogP contribution in [-0.2, 0) is 4.79 Å². The first-order valence-electron chi connectivity index (χ1n) is 5.88. The van der Waals surface area contributed by atoms with Crippen molar-refractivity contribution in [2.24, 2.45) is 0 Å². The van der Waals surface area contributed by atoms with Crippen LogP contribution in [0.25, 0.3) is 0 Å². The third kappa shape index (κ3) is 3.47. The average Bonchev–Trinajstić information content (AvgIpc) is 2.34. The third-order valence-corrected chi connectivity index (χ3v) is 3.06. The lowest BCUT2D eigenvalue weighted by Crippen LogP contribution is -2.46. The quantitative estimate of drug-likeness (QED) is 0.701. The van der Waals surface area contributed by atoms with Crippen LogP contribution in [0.2, 0.25) is 0 Å². The Hall–Kier alpha value is -0.610. The fourth-order valence-corrected chi connectivity index (χ4v) is 2.07. The van der Waals surface area contributed by atoms with Gasteiger partial charge in [0.2, 0.25) is 5.91 Å². The molecule has 1 aliphatic rings. The first-order chi connectivity index (χ1) is 7.19. The van der Waals surface area contributed by atoms with Crippen LogP contribution < -0.4 is 10.6 Å². The third-order valence-electron chi connectivity index (χ3n) is 3.06. The number of amides is 1. The minimum Gasteiger partial charge on any atom is -0.352 e. The van der Waals surface area contributed by atoms with Crippen LogP contribution in [0.1, 0.15) is 26.7 Å². The monoisotopic (exact) mass is 213 g/mol. The molecule has 2 atom stereocenters. The summed E-state index contributed by atoms with van der Waals surface area (Å²) in [6, 6.07) is 0.360. The Bertz CT molecular complexity index is 208. The van der Waals surface area contributed by atoms with E-state index in [2.05, 4.69) is 29.4 Å². The predicted molar refractivity (Wildman–Crippen MR) is 61.8 cm³/mol. The normalized spacial score (nSPS) is 28.6. The molecule has 0 saturated carbocycles. The molecule has 0 bridgehead atoms. The molecule has 1 rings (SSSR count). The van der Waals surface area contributed by atoms with Crippen LogP contribution >= 0.6 is 0 Å². The second-order valence-corrected chi connectivity index (χ2v) is 4.23. The van der Waals surface area contributed by atoms with Gasteiger partial charge in [0, 0.05) is 12.6 Å². The molecule has 4 nitrogen and oxygen atoms in total. The van der Waals surface area contributed by atoms with E-state index in [-0.39, 0.29) is 11.9 Å². The lowest BCUT2D eigenvalue weighted by atomic mass is 10.1. The van der Waals surface area contributed by atoms with E-state index in [4.69, 9.17) is 0 Å². The summed E-state index contributed by atoms with van der Waals surface area (Å²) in [5, 5.41) is 6.16. The molecular weight excluding hydrogens is 190 g/mol. The molecule has 1 saturated heterocycles. The van der Waals surface area contributed by atoms with Crippen molar-refractivity contribution in [3.63, 3.8) is 0 Å². The van der Waals surface area contributed by atoms with Gasteiger partial charge in [0.1, 0.15) is 0 Å². The number of hydrogen-bond donors (Lipinski definition) is 2. The number of rotatable bonds is 4. The molecule has 1 aliphatic heterocycles. The summed E-state index contributed by atoms with van der Waals surface area (Å²) in [5.41, 5.74) is 0. The van der Waals surface area contributed by atoms with Gasteiger partial charge in [-0.1, -0.05) is 6.92 Å². The van der Waals surface area contributed by atoms with Crippen molar-refractivity contribution in [3.8, 4) is 0 Å². The van der Waals surface area contributed by atoms with E-state index in [0.717, 1.165) is 32.5 Å². The fraction of sp³-hybridized carbons (Fsp3) is 0.909. The lowest BCUT2D eigenvalue weighted by Gasteiger charge is -2.26. The minimum atomic E-state index is 0.0485. The van der Waals surface area contributed by atoms with Crippen LogP contribution in [0.3, 0.4) is 0 Å². The van der Waals surface area contributed by atoms with E-state index >= 15 is 0 Å². The molecule has 1 heterocycles. The van der Waals surface area contributed by atoms with E-state index < -0.39 is 0 Å². The summed E-state index contributed by atoms with van der Waals surface area (Å²) in [6.07, 6.45) is 1.94. The minimum absolute atomic E-state index is 0.0485. The van der Waals surface area contributed by atoms with Gasteiger partial charge < -0.3 is 10.6 Å². The van der Waals surface area contributed by atoms with Gasteiger partial charge >= 0.3 is 0 Å². The molecule has 1 amide bonds. The maximum Gasteiger partial charge on any atom is 0.237 e. The maximum absolute atomic E-state index is 11.9. The van der Waals surface area contributed by atoms with E-state index in [9.17, 15) is 4.79 Å². The highest BCUT2D eigenvalue weighted by Crippen LogP contribution is 2.11. The molecule has 1 fully saturated rings. The predicted octanol–water partition coefficient (Wildman–Crippen LogP) is 0.195. The highest BCUT2D eigenvalue weighted by atomic mass is 16.2. The van der Waals surface area contributed by atoms with Gasteiger partial charge in [0.25, 0.3) is 0 Å². The van der Waals surface area contributed by atoms with Gasteiger partial charge in [0.15, 0.2) is 0 Å². The second-order valence-electron chi connectivity index (χ2n) is 4.23. The van der Waals surface area contributed by atoms with Gasteiger partial charge in [-0.25, -0.2) is 0 Å². The van der Waals surface area contributed by atoms with Crippen molar-refractivity contribution in [2.45, 2.75) is 38.8 Å². The Labute approximate surface area is 92.4 Å². The molecule has 0 radical (unpaired) electrons. The summed E-state index contributed by atoms with van der Waals surface area (Å²) >= 11 is 0. The largest absolute Gasteiger partial charge is 0.352 e. The highest BCUT2D eigenvalue weighted by Gasteiger charge is 2.28. The van der Waals surface area contributed by atoms with Gasteiger partial charge in [0.05, 0.1) is 6.04 Å². The molecule has 15 heavy (non-hydrogen) atoms. The van der Waals surface area contributed by atoms with Gasteiger partial charge in [-0.2, -0.15) is 0 Å². The number of likely N-dealkylation sites (N-methyl/N-ethyl adjacent to an activating group) is 1. The molecule has 4 heteroatoms. The van der Waals surface area contributed by atoms with Crippen molar-refractivity contribution in [3.05, 3.63) is 0 Å². The van der Waals surface area contributed by atoms with E-state index in [0.29, 0.717) is 6.04 Å². The first-order valence-corrected chi connectivity index (χ1v) is 5.88. The standard InChI is InChI=1S/C11H23N3O/c1-4-14-8-6-9(2)13-11(15)10(14)5-7-12-3/h9-10,12H,4-8H2,1-3H3,(H,13,15). The van der Waals surface area contributed by atoms with Crippen LogP contribution in [0, 0.1) is 0 Å². The molecule has 2 N–H and O–H groups in total. The maximum atomic E-state index is 11.9. The second kappa shape index (κ2) is 6.08. The summed E-state index contributed by atoms with van der Waals surface area (Å²) in [7, 11) is 1.92. The zero-order chi connectivity index (χ0) is 11.3. The van der Waals surface area contributed by atoms with Crippen LogP contribution in [0.5, 0.6) is 0 Å². The Morgan fingerprint density at radius 2 is 2.33 bits per heavy atom. The Morgan fingerprint density at radius 3 is 2.93 bits per heavy atom. The lowest BCUT2D eigenvalue weighted by molar-refractivity contribution is -0.126. The van der Waals surface area contributed by atoms with Gasteiger partial charge in [-0.15, -0.1) is 0 Å². The van der Waals surface area contributed by atoms with Crippen molar-refractivity contribution in [2.75, 3.05) is 26.7 Å². The Balaban J connectivity index is 2.62. The summed E-state index contributed by atoms with van der Waals surface area (Å²) in [5.74, 6) is 0.192.